The van der Waals surface area contributed by atoms with Gasteiger partial charge in [0.15, 0.2) is 0 Å². The van der Waals surface area contributed by atoms with Crippen molar-refractivity contribution in [2.24, 2.45) is 0 Å². The number of nitrogens with zero attached hydrogens (tertiary/aromatic N) is 1. The molecule has 0 unspecified atom stereocenters. The Kier molecular flexibility index (Phi) is 5.69. The highest BCUT2D eigenvalue weighted by Gasteiger charge is 2.16. The van der Waals surface area contributed by atoms with E-state index in [-0.39, 0.29) is 25.2 Å². The number of ketones is 1. The molecule has 0 amide bonds. The van der Waals surface area contributed by atoms with Crippen LogP contribution in [0.5, 0.6) is 0 Å². The summed E-state index contributed by atoms with van der Waals surface area (Å²) < 4.78 is 8.25. The van der Waals surface area contributed by atoms with E-state index in [1.54, 1.807) is 18.3 Å². The second kappa shape index (κ2) is 8.39. The molecule has 0 spiro atoms. The van der Waals surface area contributed by atoms with Crippen molar-refractivity contribution in [1.29, 1.82) is 0 Å². The van der Waals surface area contributed by atoms with Gasteiger partial charge in [0.2, 0.25) is 0 Å². The molecule has 0 radical (unpaired) electrons. The minimum atomic E-state index is -0.470. The first-order chi connectivity index (χ1) is 14.0. The van der Waals surface area contributed by atoms with Gasteiger partial charge in [0.1, 0.15) is 12.2 Å². The van der Waals surface area contributed by atoms with Gasteiger partial charge in [-0.05, 0) is 53.1 Å². The van der Waals surface area contributed by atoms with Gasteiger partial charge in [-0.3, -0.25) is 9.59 Å². The molecule has 0 aliphatic carbocycles. The number of fused-ring (bicyclic) bond motifs is 2. The number of hydrogen-bond acceptors (Lipinski definition) is 4. The average Bonchev–Trinajstić information content (AvgIpc) is 3.24. The Hall–Kier alpha value is -2.63. The molecule has 0 aliphatic rings. The lowest BCUT2D eigenvalue weighted by atomic mass is 10.1. The quantitative estimate of drug-likeness (QED) is 0.285. The van der Waals surface area contributed by atoms with Crippen LogP contribution in [0.3, 0.4) is 0 Å². The summed E-state index contributed by atoms with van der Waals surface area (Å²) in [6.45, 7) is 2.70. The van der Waals surface area contributed by atoms with Crippen molar-refractivity contribution in [2.45, 2.75) is 26.3 Å². The number of carbonyl (C=O) groups is 2. The number of ether oxygens (including phenoxy) is 1. The molecule has 4 rings (SSSR count). The van der Waals surface area contributed by atoms with E-state index < -0.39 is 5.97 Å². The predicted octanol–water partition coefficient (Wildman–Crippen LogP) is 5.62. The molecule has 0 saturated heterocycles. The van der Waals surface area contributed by atoms with Crippen molar-refractivity contribution in [3.05, 3.63) is 70.2 Å². The van der Waals surface area contributed by atoms with Crippen LogP contribution in [0.2, 0.25) is 5.02 Å². The zero-order valence-corrected chi connectivity index (χ0v) is 17.6. The normalized spacial score (nSPS) is 11.2. The third-order valence-electron chi connectivity index (χ3n) is 4.86. The predicted molar refractivity (Wildman–Crippen MR) is 118 cm³/mol. The Morgan fingerprint density at radius 3 is 2.76 bits per heavy atom. The van der Waals surface area contributed by atoms with Gasteiger partial charge in [-0.1, -0.05) is 29.8 Å². The summed E-state index contributed by atoms with van der Waals surface area (Å²) in [4.78, 5) is 24.0. The van der Waals surface area contributed by atoms with E-state index in [4.69, 9.17) is 16.3 Å². The maximum Gasteiger partial charge on any atom is 0.313 e. The van der Waals surface area contributed by atoms with E-state index in [9.17, 15) is 9.59 Å². The van der Waals surface area contributed by atoms with Gasteiger partial charge in [0.25, 0.3) is 0 Å². The second-order valence-electron chi connectivity index (χ2n) is 6.90. The zero-order chi connectivity index (χ0) is 20.4. The Labute approximate surface area is 177 Å². The van der Waals surface area contributed by atoms with Gasteiger partial charge >= 0.3 is 5.97 Å². The van der Waals surface area contributed by atoms with Crippen LogP contribution in [-0.2, 0) is 27.3 Å². The number of benzene rings is 2. The molecule has 0 saturated carbocycles. The molecule has 2 heterocycles. The SMILES string of the molecule is CCOC(=O)CC(=O)Cc1cn(Cc2csc3ccc(Cl)cc23)c2ccccc12. The topological polar surface area (TPSA) is 48.3 Å². The van der Waals surface area contributed by atoms with Crippen LogP contribution >= 0.6 is 22.9 Å². The molecule has 0 bridgehead atoms. The van der Waals surface area contributed by atoms with Crippen LogP contribution in [0.15, 0.2) is 54.0 Å². The van der Waals surface area contributed by atoms with Crippen molar-refractivity contribution >= 4 is 55.7 Å². The number of carbonyl (C=O) groups excluding carboxylic acids is 2. The number of para-hydroxylation sites is 1. The Morgan fingerprint density at radius 1 is 1.10 bits per heavy atom. The molecule has 2 aromatic heterocycles. The lowest BCUT2D eigenvalue weighted by Gasteiger charge is -2.05. The molecule has 4 nitrogen and oxygen atoms in total. The van der Waals surface area contributed by atoms with Crippen molar-refractivity contribution in [3.63, 3.8) is 0 Å². The van der Waals surface area contributed by atoms with Gasteiger partial charge < -0.3 is 9.30 Å². The fourth-order valence-electron chi connectivity index (χ4n) is 3.60. The lowest BCUT2D eigenvalue weighted by molar-refractivity contribution is -0.145. The lowest BCUT2D eigenvalue weighted by Crippen LogP contribution is -2.12. The van der Waals surface area contributed by atoms with Crippen LogP contribution in [0.25, 0.3) is 21.0 Å². The van der Waals surface area contributed by atoms with Crippen LogP contribution in [-0.4, -0.2) is 22.9 Å². The summed E-state index contributed by atoms with van der Waals surface area (Å²) in [6, 6.07) is 14.0. The first-order valence-corrected chi connectivity index (χ1v) is 10.7. The van der Waals surface area contributed by atoms with E-state index in [1.165, 1.54) is 10.3 Å². The monoisotopic (exact) mass is 425 g/mol. The van der Waals surface area contributed by atoms with E-state index in [1.807, 2.05) is 42.6 Å². The molecule has 0 atom stereocenters. The van der Waals surface area contributed by atoms with Crippen molar-refractivity contribution in [3.8, 4) is 0 Å². The third-order valence-corrected chi connectivity index (χ3v) is 6.11. The van der Waals surface area contributed by atoms with E-state index in [0.717, 1.165) is 26.9 Å². The summed E-state index contributed by atoms with van der Waals surface area (Å²) in [7, 11) is 0. The van der Waals surface area contributed by atoms with Gasteiger partial charge in [-0.15, -0.1) is 11.3 Å². The summed E-state index contributed by atoms with van der Waals surface area (Å²) in [5, 5.41) is 5.06. The van der Waals surface area contributed by atoms with Gasteiger partial charge in [-0.2, -0.15) is 0 Å². The fourth-order valence-corrected chi connectivity index (χ4v) is 4.71. The molecule has 0 fully saturated rings. The zero-order valence-electron chi connectivity index (χ0n) is 16.0. The number of halogens is 1. The smallest absolute Gasteiger partial charge is 0.313 e. The molecular weight excluding hydrogens is 406 g/mol. The van der Waals surface area contributed by atoms with E-state index in [0.29, 0.717) is 6.54 Å². The average molecular weight is 426 g/mol. The maximum absolute atomic E-state index is 12.4. The highest BCUT2D eigenvalue weighted by atomic mass is 35.5. The minimum absolute atomic E-state index is 0.140. The van der Waals surface area contributed by atoms with Gasteiger partial charge in [0, 0.05) is 39.8 Å². The number of thiophene rings is 1. The Bertz CT molecular complexity index is 1210. The molecule has 2 aromatic carbocycles. The molecule has 6 heteroatoms. The molecular formula is C23H20ClNO3S. The first kappa shape index (κ1) is 19.7. The number of Topliss-reactive ketones (excluding diaryl/α,β-unsaturated/α-hetero) is 1. The van der Waals surface area contributed by atoms with Crippen LogP contribution in [0.4, 0.5) is 0 Å². The highest BCUT2D eigenvalue weighted by Crippen LogP contribution is 2.31. The Morgan fingerprint density at radius 2 is 1.93 bits per heavy atom. The summed E-state index contributed by atoms with van der Waals surface area (Å²) in [5.41, 5.74) is 3.18. The van der Waals surface area contributed by atoms with Crippen LogP contribution in [0, 0.1) is 0 Å². The summed E-state index contributed by atoms with van der Waals surface area (Å²) in [5.74, 6) is -0.609. The number of esters is 1. The van der Waals surface area contributed by atoms with Crippen molar-refractivity contribution < 1.29 is 14.3 Å². The highest BCUT2D eigenvalue weighted by molar-refractivity contribution is 7.17. The van der Waals surface area contributed by atoms with Crippen LogP contribution < -0.4 is 0 Å². The van der Waals surface area contributed by atoms with E-state index >= 15 is 0 Å². The fraction of sp³-hybridized carbons (Fsp3) is 0.217. The number of hydrogen-bond donors (Lipinski definition) is 0. The molecule has 0 aliphatic heterocycles. The molecule has 29 heavy (non-hydrogen) atoms. The molecule has 0 N–H and O–H groups in total. The van der Waals surface area contributed by atoms with Crippen molar-refractivity contribution in [2.75, 3.05) is 6.61 Å². The Balaban J connectivity index is 1.64. The summed E-state index contributed by atoms with van der Waals surface area (Å²) in [6.07, 6.45) is 2.03. The van der Waals surface area contributed by atoms with E-state index in [2.05, 4.69) is 16.0 Å². The van der Waals surface area contributed by atoms with Gasteiger partial charge in [-0.25, -0.2) is 0 Å². The second-order valence-corrected chi connectivity index (χ2v) is 8.25. The standard InChI is InChI=1S/C23H20ClNO3S/c1-2-28-23(27)11-18(26)9-15-12-25(21-6-4-3-5-19(15)21)13-16-14-29-22-8-7-17(24)10-20(16)22/h3-8,10,12,14H,2,9,11,13H2,1H3. The minimum Gasteiger partial charge on any atom is -0.466 e. The molecule has 148 valence electrons. The number of rotatable bonds is 7. The maximum atomic E-state index is 12.4. The molecule has 4 aromatic rings. The third kappa shape index (κ3) is 4.21. The largest absolute Gasteiger partial charge is 0.466 e. The van der Waals surface area contributed by atoms with Crippen molar-refractivity contribution in [1.82, 2.24) is 4.57 Å². The van der Waals surface area contributed by atoms with Crippen LogP contribution in [0.1, 0.15) is 24.5 Å². The summed E-state index contributed by atoms with van der Waals surface area (Å²) >= 11 is 7.89. The van der Waals surface area contributed by atoms with Gasteiger partial charge in [0.05, 0.1) is 6.61 Å². The first-order valence-electron chi connectivity index (χ1n) is 9.45. The number of aromatic nitrogens is 1.